The number of rotatable bonds is 27. The average Bonchev–Trinajstić information content (AvgIpc) is 2.89. The molecule has 0 heterocycles. The molecular formula is C32H60NO6+. The maximum absolute atomic E-state index is 12.6. The molecule has 0 aliphatic heterocycles. The van der Waals surface area contributed by atoms with Crippen molar-refractivity contribution in [2.45, 2.75) is 168 Å². The van der Waals surface area contributed by atoms with Gasteiger partial charge in [0.1, 0.15) is 0 Å². The highest BCUT2D eigenvalue weighted by atomic mass is 16.4. The fraction of sp³-hybridized carbons (Fsp3) is 0.844. The Hall–Kier alpha value is -1.89. The molecule has 0 saturated heterocycles. The summed E-state index contributed by atoms with van der Waals surface area (Å²) < 4.78 is -0.371. The molecule has 3 N–H and O–H groups in total. The van der Waals surface area contributed by atoms with Crippen molar-refractivity contribution in [2.24, 2.45) is 0 Å². The first kappa shape index (κ1) is 37.1. The van der Waals surface area contributed by atoms with Crippen molar-refractivity contribution in [1.82, 2.24) is 0 Å². The van der Waals surface area contributed by atoms with E-state index in [-0.39, 0.29) is 30.3 Å². The van der Waals surface area contributed by atoms with E-state index in [1.807, 2.05) is 20.8 Å². The molecule has 0 aliphatic carbocycles. The molecule has 0 spiro atoms. The third kappa shape index (κ3) is 13.8. The normalized spacial score (nSPS) is 15.6. The Bertz CT molecular complexity index is 632. The minimum atomic E-state index is -1.08. The molecule has 0 aromatic carbocycles. The van der Waals surface area contributed by atoms with Gasteiger partial charge in [0.15, 0.2) is 18.1 Å². The summed E-state index contributed by atoms with van der Waals surface area (Å²) in [5, 5.41) is 30.8. The van der Waals surface area contributed by atoms with Crippen LogP contribution >= 0.6 is 0 Å². The van der Waals surface area contributed by atoms with Gasteiger partial charge in [0, 0.05) is 19.3 Å². The Morgan fingerprint density at radius 2 is 0.872 bits per heavy atom. The number of nitrogens with zero attached hydrogens (tertiary/aromatic N) is 1. The number of aliphatic carboxylic acids is 3. The van der Waals surface area contributed by atoms with E-state index in [0.717, 1.165) is 25.7 Å². The van der Waals surface area contributed by atoms with E-state index >= 15 is 0 Å². The summed E-state index contributed by atoms with van der Waals surface area (Å²) in [6.45, 7) is 8.07. The molecule has 0 rings (SSSR count). The second-order valence-corrected chi connectivity index (χ2v) is 11.2. The second-order valence-electron chi connectivity index (χ2n) is 11.2. The zero-order valence-electron chi connectivity index (χ0n) is 25.5. The molecule has 0 fully saturated rings. The van der Waals surface area contributed by atoms with Crippen LogP contribution in [0.4, 0.5) is 0 Å². The molecule has 3 atom stereocenters. The van der Waals surface area contributed by atoms with Crippen LogP contribution in [0.1, 0.15) is 150 Å². The first-order valence-corrected chi connectivity index (χ1v) is 15.9. The Balaban J connectivity index is 5.19. The van der Waals surface area contributed by atoms with E-state index in [2.05, 4.69) is 19.1 Å². The van der Waals surface area contributed by atoms with Gasteiger partial charge in [-0.05, 0) is 51.4 Å². The van der Waals surface area contributed by atoms with Gasteiger partial charge in [-0.2, -0.15) is 0 Å². The van der Waals surface area contributed by atoms with Crippen molar-refractivity contribution in [3.05, 3.63) is 12.2 Å². The molecule has 0 radical (unpaired) electrons. The maximum Gasteiger partial charge on any atom is 0.362 e. The molecule has 228 valence electrons. The lowest BCUT2D eigenvalue weighted by Gasteiger charge is -2.50. The van der Waals surface area contributed by atoms with Gasteiger partial charge in [0.05, 0.1) is 6.54 Å². The highest BCUT2D eigenvalue weighted by Gasteiger charge is 2.56. The Morgan fingerprint density at radius 1 is 0.538 bits per heavy atom. The first-order valence-electron chi connectivity index (χ1n) is 15.9. The predicted octanol–water partition coefficient (Wildman–Crippen LogP) is 8.21. The van der Waals surface area contributed by atoms with Gasteiger partial charge in [-0.1, -0.05) is 91.2 Å². The van der Waals surface area contributed by atoms with Gasteiger partial charge in [-0.3, -0.25) is 4.48 Å². The molecule has 0 saturated carbocycles. The van der Waals surface area contributed by atoms with Crippen LogP contribution in [0.15, 0.2) is 12.2 Å². The van der Waals surface area contributed by atoms with Crippen LogP contribution < -0.4 is 0 Å². The third-order valence-electron chi connectivity index (χ3n) is 8.10. The summed E-state index contributed by atoms with van der Waals surface area (Å²) in [6.07, 6.45) is 21.7. The Kier molecular flexibility index (Phi) is 21.8. The number of carbonyl (C=O) groups is 3. The fourth-order valence-corrected chi connectivity index (χ4v) is 6.17. The van der Waals surface area contributed by atoms with Gasteiger partial charge in [-0.15, -0.1) is 0 Å². The number of unbranched alkanes of at least 4 members (excludes halogenated alkanes) is 11. The van der Waals surface area contributed by atoms with Gasteiger partial charge >= 0.3 is 17.9 Å². The van der Waals surface area contributed by atoms with Crippen molar-refractivity contribution in [3.63, 3.8) is 0 Å². The number of allylic oxidation sites excluding steroid dienone is 2. The number of quaternary nitrogens is 1. The minimum Gasteiger partial charge on any atom is -0.477 e. The monoisotopic (exact) mass is 554 g/mol. The van der Waals surface area contributed by atoms with Crippen LogP contribution in [0.5, 0.6) is 0 Å². The zero-order chi connectivity index (χ0) is 29.5. The summed E-state index contributed by atoms with van der Waals surface area (Å²) in [5.41, 5.74) is 0. The van der Waals surface area contributed by atoms with Crippen molar-refractivity contribution >= 4 is 17.9 Å². The van der Waals surface area contributed by atoms with Crippen LogP contribution in [0, 0.1) is 0 Å². The van der Waals surface area contributed by atoms with Crippen molar-refractivity contribution < 1.29 is 34.2 Å². The minimum absolute atomic E-state index is 0.270. The van der Waals surface area contributed by atoms with Crippen molar-refractivity contribution in [2.75, 3.05) is 6.54 Å². The molecule has 0 bridgehead atoms. The highest BCUT2D eigenvalue weighted by molar-refractivity contribution is 5.78. The summed E-state index contributed by atoms with van der Waals surface area (Å²) in [4.78, 5) is 37.7. The van der Waals surface area contributed by atoms with Crippen LogP contribution in [0.25, 0.3) is 0 Å². The largest absolute Gasteiger partial charge is 0.477 e. The van der Waals surface area contributed by atoms with Gasteiger partial charge in [0.25, 0.3) is 0 Å². The fourth-order valence-electron chi connectivity index (χ4n) is 6.17. The van der Waals surface area contributed by atoms with Crippen LogP contribution in [0.3, 0.4) is 0 Å². The number of hydrogen-bond acceptors (Lipinski definition) is 3. The molecule has 0 aromatic heterocycles. The lowest BCUT2D eigenvalue weighted by Crippen LogP contribution is -2.72. The molecule has 3 unspecified atom stereocenters. The number of carboxylic acid groups (broad SMARTS) is 3. The number of carboxylic acids is 3. The first-order chi connectivity index (χ1) is 18.7. The van der Waals surface area contributed by atoms with Crippen LogP contribution in [0.2, 0.25) is 0 Å². The van der Waals surface area contributed by atoms with E-state index in [1.165, 1.54) is 51.4 Å². The standard InChI is InChI=1S/C32H59NO6/c1-5-9-10-11-12-13-14-15-16-17-18-19-20-21-22-26-33(27(23-6-2)30(34)35,28(24-7-3)31(36)37)29(25-8-4)32(38)39/h9-10,27-29H,5-8,11-26H2,1-4H3,(H2-,34,35,36,37,38,39)/p+1/b10-9+. The summed E-state index contributed by atoms with van der Waals surface area (Å²) in [6, 6.07) is -3.13. The van der Waals surface area contributed by atoms with Crippen LogP contribution in [-0.2, 0) is 14.4 Å². The van der Waals surface area contributed by atoms with Gasteiger partial charge in [0.2, 0.25) is 0 Å². The quantitative estimate of drug-likeness (QED) is 0.0536. The highest BCUT2D eigenvalue weighted by Crippen LogP contribution is 2.34. The van der Waals surface area contributed by atoms with E-state index < -0.39 is 36.0 Å². The molecule has 39 heavy (non-hydrogen) atoms. The molecular weight excluding hydrogens is 494 g/mol. The average molecular weight is 555 g/mol. The summed E-state index contributed by atoms with van der Waals surface area (Å²) in [7, 11) is 0. The number of hydrogen-bond donors (Lipinski definition) is 3. The molecule has 0 amide bonds. The Morgan fingerprint density at radius 3 is 1.18 bits per heavy atom. The van der Waals surface area contributed by atoms with E-state index in [1.54, 1.807) is 0 Å². The maximum atomic E-state index is 12.6. The van der Waals surface area contributed by atoms with Gasteiger partial charge in [-0.25, -0.2) is 14.4 Å². The Labute approximate surface area is 238 Å². The second kappa shape index (κ2) is 22.9. The molecule has 7 heteroatoms. The lowest BCUT2D eigenvalue weighted by molar-refractivity contribution is -0.973. The van der Waals surface area contributed by atoms with E-state index in [4.69, 9.17) is 0 Å². The SMILES string of the molecule is CC/C=C/CCCCCCCCCCCCC[N+](C(CCC)C(=O)O)(C(CCC)C(=O)O)C(CCC)C(=O)O. The molecule has 0 aromatic rings. The molecule has 0 aliphatic rings. The summed E-state index contributed by atoms with van der Waals surface area (Å²) in [5.74, 6) is -3.25. The third-order valence-corrected chi connectivity index (χ3v) is 8.10. The van der Waals surface area contributed by atoms with Crippen LogP contribution in [-0.4, -0.2) is 62.4 Å². The van der Waals surface area contributed by atoms with E-state index in [9.17, 15) is 29.7 Å². The smallest absolute Gasteiger partial charge is 0.362 e. The lowest BCUT2D eigenvalue weighted by atomic mass is 9.91. The van der Waals surface area contributed by atoms with Crippen molar-refractivity contribution in [1.29, 1.82) is 0 Å². The summed E-state index contributed by atoms with van der Waals surface area (Å²) >= 11 is 0. The van der Waals surface area contributed by atoms with Crippen molar-refractivity contribution in [3.8, 4) is 0 Å². The zero-order valence-corrected chi connectivity index (χ0v) is 25.5. The van der Waals surface area contributed by atoms with E-state index in [0.29, 0.717) is 25.7 Å². The molecule has 7 nitrogen and oxygen atoms in total. The predicted molar refractivity (Wildman–Crippen MR) is 159 cm³/mol. The topological polar surface area (TPSA) is 112 Å². The van der Waals surface area contributed by atoms with Gasteiger partial charge < -0.3 is 15.3 Å².